The number of rotatable bonds is 7. The Morgan fingerprint density at radius 3 is 2.81 bits per heavy atom. The lowest BCUT2D eigenvalue weighted by molar-refractivity contribution is -0.113. The van der Waals surface area contributed by atoms with Crippen LogP contribution >= 0.6 is 23.1 Å². The zero-order valence-electron chi connectivity index (χ0n) is 12.2. The zero-order valence-corrected chi connectivity index (χ0v) is 13.9. The van der Waals surface area contributed by atoms with Gasteiger partial charge in [0.2, 0.25) is 5.91 Å². The van der Waals surface area contributed by atoms with Crippen molar-refractivity contribution < 1.29 is 14.7 Å². The van der Waals surface area contributed by atoms with E-state index in [0.717, 1.165) is 54.7 Å². The Hall–Kier alpha value is -1.01. The summed E-state index contributed by atoms with van der Waals surface area (Å²) >= 11 is 3.04. The lowest BCUT2D eigenvalue weighted by Crippen LogP contribution is -2.16. The standard InChI is InChI=1S/C15H21NO3S2/c1-2-3-8-20-9-12(17)16-14-13(15(18)19)10-6-4-5-7-11(10)21-14/h2-9H2,1H3,(H,16,17)(H,18,19). The third-order valence-corrected chi connectivity index (χ3v) is 5.76. The number of carbonyl (C=O) groups excluding carboxylic acids is 1. The van der Waals surface area contributed by atoms with Gasteiger partial charge in [0.25, 0.3) is 0 Å². The molecule has 0 aromatic carbocycles. The van der Waals surface area contributed by atoms with Gasteiger partial charge in [0.1, 0.15) is 5.00 Å². The fraction of sp³-hybridized carbons (Fsp3) is 0.600. The second-order valence-electron chi connectivity index (χ2n) is 5.17. The third kappa shape index (κ3) is 4.23. The summed E-state index contributed by atoms with van der Waals surface area (Å²) in [5, 5.41) is 12.7. The monoisotopic (exact) mass is 327 g/mol. The highest BCUT2D eigenvalue weighted by atomic mass is 32.2. The summed E-state index contributed by atoms with van der Waals surface area (Å²) in [6.07, 6.45) is 6.11. The van der Waals surface area contributed by atoms with Crippen LogP contribution in [0.25, 0.3) is 0 Å². The van der Waals surface area contributed by atoms with E-state index in [1.807, 2.05) is 0 Å². The molecule has 4 nitrogen and oxygen atoms in total. The van der Waals surface area contributed by atoms with Gasteiger partial charge in [-0.2, -0.15) is 11.8 Å². The van der Waals surface area contributed by atoms with Crippen molar-refractivity contribution >= 4 is 40.0 Å². The molecule has 0 atom stereocenters. The zero-order chi connectivity index (χ0) is 15.2. The summed E-state index contributed by atoms with van der Waals surface area (Å²) in [6.45, 7) is 2.12. The third-order valence-electron chi connectivity index (χ3n) is 3.51. The highest BCUT2D eigenvalue weighted by Crippen LogP contribution is 2.38. The molecule has 1 heterocycles. The maximum Gasteiger partial charge on any atom is 0.339 e. The van der Waals surface area contributed by atoms with Crippen LogP contribution in [0.1, 0.15) is 53.4 Å². The second kappa shape index (κ2) is 7.84. The van der Waals surface area contributed by atoms with Gasteiger partial charge in [0, 0.05) is 4.88 Å². The van der Waals surface area contributed by atoms with Gasteiger partial charge in [0.05, 0.1) is 11.3 Å². The number of hydrogen-bond donors (Lipinski definition) is 2. The van der Waals surface area contributed by atoms with Crippen molar-refractivity contribution in [3.8, 4) is 0 Å². The first-order chi connectivity index (χ1) is 10.1. The Balaban J connectivity index is 2.04. The first-order valence-electron chi connectivity index (χ1n) is 7.39. The maximum atomic E-state index is 11.9. The number of fused-ring (bicyclic) bond motifs is 1. The van der Waals surface area contributed by atoms with Crippen molar-refractivity contribution in [2.75, 3.05) is 16.8 Å². The van der Waals surface area contributed by atoms with E-state index in [9.17, 15) is 14.7 Å². The van der Waals surface area contributed by atoms with Gasteiger partial charge in [-0.1, -0.05) is 13.3 Å². The number of nitrogens with one attached hydrogen (secondary N) is 1. The molecule has 6 heteroatoms. The van der Waals surface area contributed by atoms with E-state index in [1.54, 1.807) is 11.8 Å². The van der Waals surface area contributed by atoms with Crippen molar-refractivity contribution in [3.05, 3.63) is 16.0 Å². The number of aryl methyl sites for hydroxylation is 1. The molecule has 0 fully saturated rings. The van der Waals surface area contributed by atoms with E-state index in [-0.39, 0.29) is 5.91 Å². The largest absolute Gasteiger partial charge is 0.478 e. The van der Waals surface area contributed by atoms with E-state index < -0.39 is 5.97 Å². The number of carboxylic acids is 1. The highest BCUT2D eigenvalue weighted by molar-refractivity contribution is 7.99. The lowest BCUT2D eigenvalue weighted by atomic mass is 9.95. The molecule has 0 saturated heterocycles. The minimum absolute atomic E-state index is 0.0998. The number of unbranched alkanes of at least 4 members (excludes halogenated alkanes) is 1. The molecule has 2 N–H and O–H groups in total. The molecular formula is C15H21NO3S2. The molecule has 1 amide bonds. The number of hydrogen-bond acceptors (Lipinski definition) is 4. The molecule has 21 heavy (non-hydrogen) atoms. The van der Waals surface area contributed by atoms with Crippen molar-refractivity contribution in [1.82, 2.24) is 0 Å². The maximum absolute atomic E-state index is 11.9. The van der Waals surface area contributed by atoms with Crippen LogP contribution in [0.5, 0.6) is 0 Å². The predicted octanol–water partition coefficient (Wildman–Crippen LogP) is 3.80. The van der Waals surface area contributed by atoms with E-state index in [0.29, 0.717) is 16.3 Å². The lowest BCUT2D eigenvalue weighted by Gasteiger charge is -2.10. The average Bonchev–Trinajstić information content (AvgIpc) is 2.81. The second-order valence-corrected chi connectivity index (χ2v) is 7.38. The number of carboxylic acid groups (broad SMARTS) is 1. The van der Waals surface area contributed by atoms with Gasteiger partial charge in [-0.3, -0.25) is 4.79 Å². The molecule has 0 radical (unpaired) electrons. The Morgan fingerprint density at radius 2 is 2.10 bits per heavy atom. The molecule has 1 aromatic heterocycles. The van der Waals surface area contributed by atoms with E-state index >= 15 is 0 Å². The van der Waals surface area contributed by atoms with E-state index in [1.165, 1.54) is 11.3 Å². The summed E-state index contributed by atoms with van der Waals surface area (Å²) in [5.74, 6) is 0.332. The van der Waals surface area contributed by atoms with Crippen LogP contribution in [0.3, 0.4) is 0 Å². The molecule has 1 aliphatic carbocycles. The van der Waals surface area contributed by atoms with Crippen LogP contribution in [0, 0.1) is 0 Å². The first-order valence-corrected chi connectivity index (χ1v) is 9.36. The molecule has 1 aliphatic rings. The molecule has 0 saturated carbocycles. The summed E-state index contributed by atoms with van der Waals surface area (Å²) in [7, 11) is 0. The molecule has 0 unspecified atom stereocenters. The summed E-state index contributed by atoms with van der Waals surface area (Å²) < 4.78 is 0. The summed E-state index contributed by atoms with van der Waals surface area (Å²) in [6, 6.07) is 0. The molecule has 116 valence electrons. The highest BCUT2D eigenvalue weighted by Gasteiger charge is 2.25. The van der Waals surface area contributed by atoms with Gasteiger partial charge >= 0.3 is 5.97 Å². The Bertz CT molecular complexity index is 525. The van der Waals surface area contributed by atoms with Crippen LogP contribution in [-0.2, 0) is 17.6 Å². The Labute approximate surface area is 133 Å². The van der Waals surface area contributed by atoms with Gasteiger partial charge < -0.3 is 10.4 Å². The minimum atomic E-state index is -0.927. The van der Waals surface area contributed by atoms with E-state index in [2.05, 4.69) is 12.2 Å². The summed E-state index contributed by atoms with van der Waals surface area (Å²) in [4.78, 5) is 24.6. The Kier molecular flexibility index (Phi) is 6.11. The van der Waals surface area contributed by atoms with Crippen LogP contribution in [0.2, 0.25) is 0 Å². The Morgan fingerprint density at radius 1 is 1.33 bits per heavy atom. The van der Waals surface area contributed by atoms with Crippen LogP contribution in [0.4, 0.5) is 5.00 Å². The fourth-order valence-corrected chi connectivity index (χ4v) is 4.65. The first kappa shape index (κ1) is 16.4. The van der Waals surface area contributed by atoms with Gasteiger partial charge in [-0.05, 0) is 43.4 Å². The quantitative estimate of drug-likeness (QED) is 0.748. The van der Waals surface area contributed by atoms with Crippen molar-refractivity contribution in [2.45, 2.75) is 45.4 Å². The molecule has 2 rings (SSSR count). The van der Waals surface area contributed by atoms with Gasteiger partial charge in [-0.15, -0.1) is 11.3 Å². The SMILES string of the molecule is CCCCSCC(=O)Nc1sc2c(c1C(=O)O)CCCC2. The average molecular weight is 327 g/mol. The predicted molar refractivity (Wildman–Crippen MR) is 88.8 cm³/mol. The van der Waals surface area contributed by atoms with Gasteiger partial charge in [0.15, 0.2) is 0 Å². The topological polar surface area (TPSA) is 66.4 Å². The normalized spacial score (nSPS) is 13.8. The van der Waals surface area contributed by atoms with Crippen LogP contribution < -0.4 is 5.32 Å². The minimum Gasteiger partial charge on any atom is -0.478 e. The van der Waals surface area contributed by atoms with Crippen molar-refractivity contribution in [1.29, 1.82) is 0 Å². The number of anilines is 1. The smallest absolute Gasteiger partial charge is 0.339 e. The number of thiophene rings is 1. The van der Waals surface area contributed by atoms with Crippen LogP contribution in [-0.4, -0.2) is 28.5 Å². The molecule has 0 aliphatic heterocycles. The number of carbonyl (C=O) groups is 2. The number of aromatic carboxylic acids is 1. The molecule has 0 bridgehead atoms. The van der Waals surface area contributed by atoms with Gasteiger partial charge in [-0.25, -0.2) is 4.79 Å². The van der Waals surface area contributed by atoms with Crippen molar-refractivity contribution in [2.24, 2.45) is 0 Å². The fourth-order valence-electron chi connectivity index (χ4n) is 2.45. The molecule has 1 aromatic rings. The van der Waals surface area contributed by atoms with E-state index in [4.69, 9.17) is 0 Å². The number of amides is 1. The molecular weight excluding hydrogens is 306 g/mol. The summed E-state index contributed by atoms with van der Waals surface area (Å²) in [5.41, 5.74) is 1.26. The number of thioether (sulfide) groups is 1. The molecule has 0 spiro atoms. The van der Waals surface area contributed by atoms with Crippen LogP contribution in [0.15, 0.2) is 0 Å². The van der Waals surface area contributed by atoms with Crippen molar-refractivity contribution in [3.63, 3.8) is 0 Å².